The van der Waals surface area contributed by atoms with Gasteiger partial charge in [0.1, 0.15) is 0 Å². The standard InChI is InChI=1S/C13H27N/c1-5-11-7-6-8-12(9-11)10-14-13(2,3)4/h11-12,14H,5-10H2,1-4H3. The molecule has 0 saturated heterocycles. The minimum atomic E-state index is 0.291. The molecule has 0 aliphatic heterocycles. The van der Waals surface area contributed by atoms with Gasteiger partial charge in [0, 0.05) is 5.54 Å². The average Bonchev–Trinajstić information content (AvgIpc) is 2.14. The Morgan fingerprint density at radius 1 is 1.14 bits per heavy atom. The van der Waals surface area contributed by atoms with Gasteiger partial charge in [0.2, 0.25) is 0 Å². The Morgan fingerprint density at radius 2 is 1.79 bits per heavy atom. The zero-order valence-corrected chi connectivity index (χ0v) is 10.4. The Morgan fingerprint density at radius 3 is 2.36 bits per heavy atom. The molecular formula is C13H27N. The van der Waals surface area contributed by atoms with Gasteiger partial charge in [0.05, 0.1) is 0 Å². The number of rotatable bonds is 3. The molecule has 1 heteroatoms. The molecule has 1 fully saturated rings. The van der Waals surface area contributed by atoms with Crippen LogP contribution in [-0.4, -0.2) is 12.1 Å². The van der Waals surface area contributed by atoms with Crippen LogP contribution in [-0.2, 0) is 0 Å². The van der Waals surface area contributed by atoms with E-state index in [0.29, 0.717) is 5.54 Å². The van der Waals surface area contributed by atoms with Gasteiger partial charge in [-0.2, -0.15) is 0 Å². The van der Waals surface area contributed by atoms with Gasteiger partial charge in [-0.15, -0.1) is 0 Å². The monoisotopic (exact) mass is 197 g/mol. The van der Waals surface area contributed by atoms with Gasteiger partial charge in [-0.25, -0.2) is 0 Å². The van der Waals surface area contributed by atoms with Crippen LogP contribution >= 0.6 is 0 Å². The molecule has 1 rings (SSSR count). The van der Waals surface area contributed by atoms with E-state index in [1.807, 2.05) is 0 Å². The minimum Gasteiger partial charge on any atom is -0.312 e. The van der Waals surface area contributed by atoms with Crippen molar-refractivity contribution < 1.29 is 0 Å². The fourth-order valence-electron chi connectivity index (χ4n) is 2.41. The SMILES string of the molecule is CCC1CCCC(CNC(C)(C)C)C1. The lowest BCUT2D eigenvalue weighted by molar-refractivity contribution is 0.239. The van der Waals surface area contributed by atoms with E-state index in [1.165, 1.54) is 38.6 Å². The summed E-state index contributed by atoms with van der Waals surface area (Å²) in [7, 11) is 0. The number of nitrogens with one attached hydrogen (secondary N) is 1. The fraction of sp³-hybridized carbons (Fsp3) is 1.00. The summed E-state index contributed by atoms with van der Waals surface area (Å²) in [6.45, 7) is 10.3. The van der Waals surface area contributed by atoms with Crippen LogP contribution in [0, 0.1) is 11.8 Å². The molecule has 84 valence electrons. The van der Waals surface area contributed by atoms with E-state index >= 15 is 0 Å². The lowest BCUT2D eigenvalue weighted by Crippen LogP contribution is -2.40. The van der Waals surface area contributed by atoms with Crippen molar-refractivity contribution in [1.29, 1.82) is 0 Å². The minimum absolute atomic E-state index is 0.291. The van der Waals surface area contributed by atoms with Crippen molar-refractivity contribution in [1.82, 2.24) is 5.32 Å². The average molecular weight is 197 g/mol. The lowest BCUT2D eigenvalue weighted by Gasteiger charge is -2.31. The van der Waals surface area contributed by atoms with E-state index in [4.69, 9.17) is 0 Å². The molecule has 0 radical (unpaired) electrons. The normalized spacial score (nSPS) is 29.1. The first-order valence-corrected chi connectivity index (χ1v) is 6.26. The highest BCUT2D eigenvalue weighted by Crippen LogP contribution is 2.30. The van der Waals surface area contributed by atoms with Gasteiger partial charge in [-0.3, -0.25) is 0 Å². The van der Waals surface area contributed by atoms with E-state index in [1.54, 1.807) is 0 Å². The lowest BCUT2D eigenvalue weighted by atomic mass is 9.80. The van der Waals surface area contributed by atoms with Gasteiger partial charge < -0.3 is 5.32 Å². The Labute approximate surface area is 89.7 Å². The smallest absolute Gasteiger partial charge is 0.00966 e. The molecule has 0 bridgehead atoms. The quantitative estimate of drug-likeness (QED) is 0.729. The first-order valence-electron chi connectivity index (χ1n) is 6.26. The summed E-state index contributed by atoms with van der Waals surface area (Å²) in [5, 5.41) is 3.64. The summed E-state index contributed by atoms with van der Waals surface area (Å²) in [4.78, 5) is 0. The molecule has 2 unspecified atom stereocenters. The molecule has 2 atom stereocenters. The van der Waals surface area contributed by atoms with Crippen molar-refractivity contribution in [3.63, 3.8) is 0 Å². The molecule has 0 amide bonds. The zero-order chi connectivity index (χ0) is 10.6. The highest BCUT2D eigenvalue weighted by molar-refractivity contribution is 4.77. The second-order valence-corrected chi connectivity index (χ2v) is 5.94. The first-order chi connectivity index (χ1) is 6.51. The van der Waals surface area contributed by atoms with E-state index < -0.39 is 0 Å². The molecule has 1 N–H and O–H groups in total. The Kier molecular flexibility index (Phi) is 4.43. The Hall–Kier alpha value is -0.0400. The molecule has 14 heavy (non-hydrogen) atoms. The second kappa shape index (κ2) is 5.16. The van der Waals surface area contributed by atoms with Crippen LogP contribution in [0.4, 0.5) is 0 Å². The van der Waals surface area contributed by atoms with Crippen LogP contribution < -0.4 is 5.32 Å². The van der Waals surface area contributed by atoms with Crippen molar-refractivity contribution in [3.05, 3.63) is 0 Å². The topological polar surface area (TPSA) is 12.0 Å². The molecule has 0 aromatic rings. The van der Waals surface area contributed by atoms with Crippen LogP contribution in [0.5, 0.6) is 0 Å². The maximum atomic E-state index is 3.64. The fourth-order valence-corrected chi connectivity index (χ4v) is 2.41. The van der Waals surface area contributed by atoms with Crippen LogP contribution in [0.3, 0.4) is 0 Å². The molecule has 0 spiro atoms. The third kappa shape index (κ3) is 4.45. The van der Waals surface area contributed by atoms with Crippen molar-refractivity contribution >= 4 is 0 Å². The second-order valence-electron chi connectivity index (χ2n) is 5.94. The van der Waals surface area contributed by atoms with E-state index in [-0.39, 0.29) is 0 Å². The highest BCUT2D eigenvalue weighted by atomic mass is 14.9. The van der Waals surface area contributed by atoms with Crippen molar-refractivity contribution in [2.75, 3.05) is 6.54 Å². The molecular weight excluding hydrogens is 170 g/mol. The summed E-state index contributed by atoms with van der Waals surface area (Å²) in [6, 6.07) is 0. The van der Waals surface area contributed by atoms with E-state index in [0.717, 1.165) is 11.8 Å². The summed E-state index contributed by atoms with van der Waals surface area (Å²) < 4.78 is 0. The largest absolute Gasteiger partial charge is 0.312 e. The molecule has 1 aliphatic rings. The predicted molar refractivity (Wildman–Crippen MR) is 63.5 cm³/mol. The van der Waals surface area contributed by atoms with Crippen molar-refractivity contribution in [2.45, 2.75) is 65.3 Å². The van der Waals surface area contributed by atoms with Crippen LogP contribution in [0.15, 0.2) is 0 Å². The summed E-state index contributed by atoms with van der Waals surface area (Å²) >= 11 is 0. The van der Waals surface area contributed by atoms with E-state index in [9.17, 15) is 0 Å². The molecule has 0 aromatic heterocycles. The number of hydrogen-bond acceptors (Lipinski definition) is 1. The van der Waals surface area contributed by atoms with Crippen molar-refractivity contribution in [2.24, 2.45) is 11.8 Å². The van der Waals surface area contributed by atoms with Crippen molar-refractivity contribution in [3.8, 4) is 0 Å². The summed E-state index contributed by atoms with van der Waals surface area (Å²) in [6.07, 6.45) is 7.21. The first kappa shape index (κ1) is 12.0. The summed E-state index contributed by atoms with van der Waals surface area (Å²) in [5.74, 6) is 1.95. The molecule has 1 nitrogen and oxygen atoms in total. The predicted octanol–water partition coefficient (Wildman–Crippen LogP) is 3.59. The number of hydrogen-bond donors (Lipinski definition) is 1. The summed E-state index contributed by atoms with van der Waals surface area (Å²) in [5.41, 5.74) is 0.291. The Bertz CT molecular complexity index is 157. The third-order valence-corrected chi connectivity index (χ3v) is 3.39. The molecule has 0 heterocycles. The van der Waals surface area contributed by atoms with Gasteiger partial charge in [0.15, 0.2) is 0 Å². The van der Waals surface area contributed by atoms with E-state index in [2.05, 4.69) is 33.0 Å². The van der Waals surface area contributed by atoms with Crippen LogP contribution in [0.2, 0.25) is 0 Å². The van der Waals surface area contributed by atoms with Gasteiger partial charge in [-0.1, -0.05) is 26.2 Å². The maximum Gasteiger partial charge on any atom is 0.00966 e. The molecule has 1 saturated carbocycles. The van der Waals surface area contributed by atoms with Gasteiger partial charge in [0.25, 0.3) is 0 Å². The zero-order valence-electron chi connectivity index (χ0n) is 10.4. The van der Waals surface area contributed by atoms with Crippen LogP contribution in [0.25, 0.3) is 0 Å². The van der Waals surface area contributed by atoms with Crippen LogP contribution in [0.1, 0.15) is 59.8 Å². The maximum absolute atomic E-state index is 3.64. The van der Waals surface area contributed by atoms with Gasteiger partial charge >= 0.3 is 0 Å². The highest BCUT2D eigenvalue weighted by Gasteiger charge is 2.21. The third-order valence-electron chi connectivity index (χ3n) is 3.39. The molecule has 0 aromatic carbocycles. The molecule has 1 aliphatic carbocycles. The Balaban J connectivity index is 2.24. The van der Waals surface area contributed by atoms with Gasteiger partial charge in [-0.05, 0) is 52.0 Å².